The zero-order valence-corrected chi connectivity index (χ0v) is 20.2. The third kappa shape index (κ3) is 5.91. The number of benzene rings is 1. The molecule has 2 heterocycles. The summed E-state index contributed by atoms with van der Waals surface area (Å²) in [6.45, 7) is 4.09. The van der Waals surface area contributed by atoms with Gasteiger partial charge in [-0.05, 0) is 50.5 Å². The van der Waals surface area contributed by atoms with Gasteiger partial charge in [0.2, 0.25) is 15.9 Å². The first kappa shape index (κ1) is 24.5. The third-order valence-electron chi connectivity index (χ3n) is 5.49. The van der Waals surface area contributed by atoms with E-state index in [0.29, 0.717) is 54.4 Å². The molecule has 2 N–H and O–H groups in total. The summed E-state index contributed by atoms with van der Waals surface area (Å²) in [5.74, 6) is -0.995. The van der Waals surface area contributed by atoms with E-state index in [0.717, 1.165) is 0 Å². The van der Waals surface area contributed by atoms with Gasteiger partial charge in [0.1, 0.15) is 5.82 Å². The van der Waals surface area contributed by atoms with Gasteiger partial charge >= 0.3 is 0 Å². The van der Waals surface area contributed by atoms with Crippen LogP contribution in [-0.2, 0) is 10.0 Å². The predicted molar refractivity (Wildman–Crippen MR) is 129 cm³/mol. The van der Waals surface area contributed by atoms with Gasteiger partial charge in [-0.3, -0.25) is 19.5 Å². The smallest absolute Gasteiger partial charge is 0.254 e. The molecule has 4 rings (SSSR count). The van der Waals surface area contributed by atoms with Gasteiger partial charge in [0.15, 0.2) is 0 Å². The molecule has 0 bridgehead atoms. The first-order chi connectivity index (χ1) is 16.8. The summed E-state index contributed by atoms with van der Waals surface area (Å²) < 4.78 is 47.3. The maximum atomic E-state index is 14.9. The number of rotatable bonds is 10. The minimum atomic E-state index is -3.43. The standard InChI is InChI=1S/C24H26FN5O4S/c1-3-20(21-12-16(9-10-27-21)30-35(32,33)17-6-7-17)29-24(31)18-8-5-15(11-19(18)25)22-13-26-14-23(28-22)34-4-2/h5,8-14,17,20H,3-4,6-7H2,1-2H3,(H,27,30)(H,29,31). The summed E-state index contributed by atoms with van der Waals surface area (Å²) in [5, 5.41) is 2.42. The third-order valence-corrected chi connectivity index (χ3v) is 7.36. The van der Waals surface area contributed by atoms with E-state index in [9.17, 15) is 17.6 Å². The number of carbonyl (C=O) groups is 1. The summed E-state index contributed by atoms with van der Waals surface area (Å²) in [7, 11) is -3.43. The van der Waals surface area contributed by atoms with Gasteiger partial charge in [0.05, 0.1) is 52.9 Å². The highest BCUT2D eigenvalue weighted by Crippen LogP contribution is 2.30. The Hall–Kier alpha value is -3.60. The molecule has 1 aliphatic carbocycles. The molecule has 184 valence electrons. The van der Waals surface area contributed by atoms with Gasteiger partial charge in [-0.15, -0.1) is 0 Å². The van der Waals surface area contributed by atoms with E-state index in [2.05, 4.69) is 25.0 Å². The van der Waals surface area contributed by atoms with Crippen molar-refractivity contribution in [1.29, 1.82) is 0 Å². The Labute approximate surface area is 203 Å². The van der Waals surface area contributed by atoms with Gasteiger partial charge < -0.3 is 10.1 Å². The van der Waals surface area contributed by atoms with Crippen molar-refractivity contribution in [3.8, 4) is 17.1 Å². The fraction of sp³-hybridized carbons (Fsp3) is 0.333. The zero-order valence-electron chi connectivity index (χ0n) is 19.4. The number of ether oxygens (including phenoxy) is 1. The predicted octanol–water partition coefficient (Wildman–Crippen LogP) is 3.86. The van der Waals surface area contributed by atoms with E-state index in [1.165, 1.54) is 30.7 Å². The van der Waals surface area contributed by atoms with E-state index in [1.54, 1.807) is 18.2 Å². The number of halogens is 1. The molecule has 1 atom stereocenters. The molecule has 1 aliphatic rings. The lowest BCUT2D eigenvalue weighted by Gasteiger charge is -2.18. The summed E-state index contributed by atoms with van der Waals surface area (Å²) in [4.78, 5) is 25.5. The molecule has 0 radical (unpaired) electrons. The minimum absolute atomic E-state index is 0.133. The highest BCUT2D eigenvalue weighted by Gasteiger charge is 2.35. The molecule has 1 amide bonds. The van der Waals surface area contributed by atoms with Crippen LogP contribution in [0.15, 0.2) is 48.9 Å². The van der Waals surface area contributed by atoms with Crippen molar-refractivity contribution < 1.29 is 22.3 Å². The number of anilines is 1. The van der Waals surface area contributed by atoms with Gasteiger partial charge in [-0.2, -0.15) is 0 Å². The summed E-state index contributed by atoms with van der Waals surface area (Å²) in [6, 6.07) is 6.79. The van der Waals surface area contributed by atoms with Crippen LogP contribution in [0.3, 0.4) is 0 Å². The lowest BCUT2D eigenvalue weighted by Crippen LogP contribution is -2.29. The van der Waals surface area contributed by atoms with Crippen molar-refractivity contribution in [3.05, 3.63) is 66.0 Å². The molecule has 1 fully saturated rings. The number of pyridine rings is 1. The first-order valence-corrected chi connectivity index (χ1v) is 12.9. The molecule has 3 aromatic rings. The quantitative estimate of drug-likeness (QED) is 0.434. The molecule has 9 nitrogen and oxygen atoms in total. The Morgan fingerprint density at radius 3 is 2.69 bits per heavy atom. The van der Waals surface area contributed by atoms with Crippen molar-refractivity contribution in [2.24, 2.45) is 0 Å². The number of sulfonamides is 1. The van der Waals surface area contributed by atoms with Crippen molar-refractivity contribution in [1.82, 2.24) is 20.3 Å². The van der Waals surface area contributed by atoms with Crippen LogP contribution in [-0.4, -0.2) is 41.1 Å². The summed E-state index contributed by atoms with van der Waals surface area (Å²) in [5.41, 5.74) is 1.59. The number of nitrogens with zero attached hydrogens (tertiary/aromatic N) is 3. The second kappa shape index (κ2) is 10.3. The van der Waals surface area contributed by atoms with Gasteiger partial charge in [0, 0.05) is 11.8 Å². The molecule has 2 aromatic heterocycles. The van der Waals surface area contributed by atoms with Crippen LogP contribution in [0.4, 0.5) is 10.1 Å². The number of hydrogen-bond acceptors (Lipinski definition) is 7. The number of amides is 1. The molecule has 0 aliphatic heterocycles. The van der Waals surface area contributed by atoms with Crippen molar-refractivity contribution >= 4 is 21.6 Å². The lowest BCUT2D eigenvalue weighted by molar-refractivity contribution is 0.0930. The Balaban J connectivity index is 1.49. The van der Waals surface area contributed by atoms with Crippen LogP contribution in [0.25, 0.3) is 11.3 Å². The normalized spacial score (nSPS) is 14.3. The Bertz CT molecular complexity index is 1330. The van der Waals surface area contributed by atoms with Gasteiger partial charge in [-0.1, -0.05) is 13.0 Å². The summed E-state index contributed by atoms with van der Waals surface area (Å²) >= 11 is 0. The maximum Gasteiger partial charge on any atom is 0.254 e. The second-order valence-corrected chi connectivity index (χ2v) is 10.1. The molecular weight excluding hydrogens is 473 g/mol. The van der Waals surface area contributed by atoms with Crippen LogP contribution in [0.1, 0.15) is 55.2 Å². The maximum absolute atomic E-state index is 14.9. The molecule has 1 saturated carbocycles. The first-order valence-electron chi connectivity index (χ1n) is 11.3. The number of aromatic nitrogens is 3. The van der Waals surface area contributed by atoms with Gasteiger partial charge in [0.25, 0.3) is 5.91 Å². The number of nitrogens with one attached hydrogen (secondary N) is 2. The molecular formula is C24H26FN5O4S. The molecule has 0 spiro atoms. The highest BCUT2D eigenvalue weighted by atomic mass is 32.2. The Morgan fingerprint density at radius 2 is 2.00 bits per heavy atom. The monoisotopic (exact) mass is 499 g/mol. The average molecular weight is 500 g/mol. The fourth-order valence-electron chi connectivity index (χ4n) is 3.51. The van der Waals surface area contributed by atoms with Crippen LogP contribution >= 0.6 is 0 Å². The fourth-order valence-corrected chi connectivity index (χ4v) is 4.89. The largest absolute Gasteiger partial charge is 0.477 e. The van der Waals surface area contributed by atoms with Crippen LogP contribution in [0, 0.1) is 5.82 Å². The number of carbonyl (C=O) groups excluding carboxylic acids is 1. The summed E-state index contributed by atoms with van der Waals surface area (Å²) in [6.07, 6.45) is 6.20. The van der Waals surface area contributed by atoms with Crippen LogP contribution in [0.2, 0.25) is 0 Å². The second-order valence-electron chi connectivity index (χ2n) is 8.12. The molecule has 1 unspecified atom stereocenters. The highest BCUT2D eigenvalue weighted by molar-refractivity contribution is 7.93. The average Bonchev–Trinajstić information content (AvgIpc) is 3.69. The number of hydrogen-bond donors (Lipinski definition) is 2. The van der Waals surface area contributed by atoms with Crippen molar-refractivity contribution in [2.45, 2.75) is 44.4 Å². The topological polar surface area (TPSA) is 123 Å². The molecule has 1 aromatic carbocycles. The van der Waals surface area contributed by atoms with Gasteiger partial charge in [-0.25, -0.2) is 17.8 Å². The molecule has 35 heavy (non-hydrogen) atoms. The van der Waals surface area contributed by atoms with Crippen molar-refractivity contribution in [2.75, 3.05) is 11.3 Å². The van der Waals surface area contributed by atoms with E-state index >= 15 is 0 Å². The lowest BCUT2D eigenvalue weighted by atomic mass is 10.1. The Kier molecular flexibility index (Phi) is 7.25. The SMILES string of the molecule is CCOc1cncc(-c2ccc(C(=O)NC(CC)c3cc(NS(=O)(=O)C4CC4)ccn3)c(F)c2)n1. The molecule has 0 saturated heterocycles. The zero-order chi connectivity index (χ0) is 25.0. The minimum Gasteiger partial charge on any atom is -0.477 e. The van der Waals surface area contributed by atoms with Crippen molar-refractivity contribution in [3.63, 3.8) is 0 Å². The van der Waals surface area contributed by atoms with E-state index in [1.807, 2.05) is 13.8 Å². The van der Waals surface area contributed by atoms with E-state index in [4.69, 9.17) is 4.74 Å². The van der Waals surface area contributed by atoms with Crippen LogP contribution < -0.4 is 14.8 Å². The van der Waals surface area contributed by atoms with Crippen LogP contribution in [0.5, 0.6) is 5.88 Å². The van der Waals surface area contributed by atoms with E-state index < -0.39 is 27.8 Å². The molecule has 11 heteroatoms. The Morgan fingerprint density at radius 1 is 1.20 bits per heavy atom. The van der Waals surface area contributed by atoms with E-state index in [-0.39, 0.29) is 10.8 Å².